The van der Waals surface area contributed by atoms with E-state index in [2.05, 4.69) is 10.6 Å². The van der Waals surface area contributed by atoms with Crippen molar-refractivity contribution in [3.8, 4) is 0 Å². The summed E-state index contributed by atoms with van der Waals surface area (Å²) in [6.07, 6.45) is 1.37. The molecule has 7 heteroatoms. The number of carbonyl (C=O) groups is 2. The van der Waals surface area contributed by atoms with E-state index < -0.39 is 11.6 Å². The van der Waals surface area contributed by atoms with Crippen LogP contribution in [0, 0.1) is 0 Å². The highest BCUT2D eigenvalue weighted by Gasteiger charge is 2.23. The Morgan fingerprint density at radius 3 is 2.25 bits per heavy atom. The maximum Gasteiger partial charge on any atom is 0.407 e. The minimum absolute atomic E-state index is 0.0950. The van der Waals surface area contributed by atoms with Crippen LogP contribution in [0.3, 0.4) is 0 Å². The molecule has 1 amide bonds. The van der Waals surface area contributed by atoms with Gasteiger partial charge in [-0.05, 0) is 33.6 Å². The van der Waals surface area contributed by atoms with E-state index in [0.717, 1.165) is 19.8 Å². The van der Waals surface area contributed by atoms with Crippen LogP contribution in [0.15, 0.2) is 0 Å². The number of carbonyl (C=O) groups excluding carboxylic acids is 1. The summed E-state index contributed by atoms with van der Waals surface area (Å²) in [6, 6.07) is 0.259. The van der Waals surface area contributed by atoms with Gasteiger partial charge in [0, 0.05) is 25.6 Å². The van der Waals surface area contributed by atoms with E-state index in [4.69, 9.17) is 19.7 Å². The molecular weight excluding hydrogens is 264 g/mol. The lowest BCUT2D eigenvalue weighted by atomic mass is 10.0. The summed E-state index contributed by atoms with van der Waals surface area (Å²) in [4.78, 5) is 20.5. The number of ether oxygens (including phenoxy) is 1. The monoisotopic (exact) mass is 290 g/mol. The Labute approximate surface area is 119 Å². The number of amides is 1. The average molecular weight is 290 g/mol. The summed E-state index contributed by atoms with van der Waals surface area (Å²) in [5.41, 5.74) is -0.459. The van der Waals surface area contributed by atoms with Crippen molar-refractivity contribution >= 4 is 12.1 Å². The SMILES string of the molecule is CC(=O)O.CC(C)(C)OC(=O)NC1CCC(CO)NC1. The first-order valence-corrected chi connectivity index (χ1v) is 6.67. The van der Waals surface area contributed by atoms with Crippen LogP contribution in [-0.4, -0.2) is 53.1 Å². The van der Waals surface area contributed by atoms with Gasteiger partial charge in [0.2, 0.25) is 0 Å². The number of aliphatic hydroxyl groups is 1. The Balaban J connectivity index is 0.000000796. The highest BCUT2D eigenvalue weighted by Crippen LogP contribution is 2.10. The molecule has 0 saturated carbocycles. The number of carboxylic acid groups (broad SMARTS) is 1. The molecule has 1 aliphatic heterocycles. The predicted octanol–water partition coefficient (Wildman–Crippen LogP) is 0.715. The van der Waals surface area contributed by atoms with Gasteiger partial charge in [-0.25, -0.2) is 4.79 Å². The molecule has 4 N–H and O–H groups in total. The van der Waals surface area contributed by atoms with E-state index in [1.807, 2.05) is 20.8 Å². The van der Waals surface area contributed by atoms with Crippen molar-refractivity contribution < 1.29 is 24.5 Å². The Bertz CT molecular complexity index is 302. The minimum Gasteiger partial charge on any atom is -0.481 e. The van der Waals surface area contributed by atoms with E-state index in [-0.39, 0.29) is 24.8 Å². The highest BCUT2D eigenvalue weighted by molar-refractivity contribution is 5.68. The molecular formula is C13H26N2O5. The van der Waals surface area contributed by atoms with Gasteiger partial charge in [0.05, 0.1) is 6.61 Å². The quantitative estimate of drug-likeness (QED) is 0.596. The summed E-state index contributed by atoms with van der Waals surface area (Å²) in [5, 5.41) is 22.3. The van der Waals surface area contributed by atoms with Gasteiger partial charge in [0.25, 0.3) is 5.97 Å². The summed E-state index contributed by atoms with van der Waals surface area (Å²) >= 11 is 0. The first-order chi connectivity index (χ1) is 9.14. The molecule has 20 heavy (non-hydrogen) atoms. The van der Waals surface area contributed by atoms with E-state index in [0.29, 0.717) is 6.54 Å². The van der Waals surface area contributed by atoms with Gasteiger partial charge < -0.3 is 25.6 Å². The van der Waals surface area contributed by atoms with E-state index in [1.165, 1.54) is 0 Å². The molecule has 118 valence electrons. The topological polar surface area (TPSA) is 108 Å². The molecule has 0 aromatic heterocycles. The van der Waals surface area contributed by atoms with Crippen LogP contribution in [0.1, 0.15) is 40.5 Å². The average Bonchev–Trinajstić information content (AvgIpc) is 2.26. The third-order valence-electron chi connectivity index (χ3n) is 2.46. The van der Waals surface area contributed by atoms with Gasteiger partial charge in [0.15, 0.2) is 0 Å². The molecule has 0 radical (unpaired) electrons. The molecule has 1 aliphatic rings. The van der Waals surface area contributed by atoms with Crippen molar-refractivity contribution in [2.24, 2.45) is 0 Å². The van der Waals surface area contributed by atoms with E-state index >= 15 is 0 Å². The van der Waals surface area contributed by atoms with Gasteiger partial charge in [-0.15, -0.1) is 0 Å². The van der Waals surface area contributed by atoms with Crippen LogP contribution in [0.5, 0.6) is 0 Å². The number of hydrogen-bond donors (Lipinski definition) is 4. The number of hydrogen-bond acceptors (Lipinski definition) is 5. The lowest BCUT2D eigenvalue weighted by Gasteiger charge is -2.30. The maximum atomic E-state index is 11.5. The molecule has 1 rings (SSSR count). The van der Waals surface area contributed by atoms with Gasteiger partial charge in [-0.3, -0.25) is 4.79 Å². The normalized spacial score (nSPS) is 22.2. The van der Waals surface area contributed by atoms with E-state index in [9.17, 15) is 4.79 Å². The third-order valence-corrected chi connectivity index (χ3v) is 2.46. The summed E-state index contributed by atoms with van der Waals surface area (Å²) in [6.45, 7) is 7.44. The molecule has 0 bridgehead atoms. The van der Waals surface area contributed by atoms with Crippen molar-refractivity contribution in [3.63, 3.8) is 0 Å². The largest absolute Gasteiger partial charge is 0.481 e. The van der Waals surface area contributed by atoms with Crippen molar-refractivity contribution in [1.82, 2.24) is 10.6 Å². The molecule has 0 aromatic carbocycles. The second-order valence-electron chi connectivity index (χ2n) is 5.73. The van der Waals surface area contributed by atoms with Crippen molar-refractivity contribution in [2.75, 3.05) is 13.2 Å². The number of nitrogens with one attached hydrogen (secondary N) is 2. The summed E-state index contributed by atoms with van der Waals surface area (Å²) < 4.78 is 5.17. The number of carboxylic acids is 1. The summed E-state index contributed by atoms with van der Waals surface area (Å²) in [7, 11) is 0. The summed E-state index contributed by atoms with van der Waals surface area (Å²) in [5.74, 6) is -0.833. The molecule has 7 nitrogen and oxygen atoms in total. The van der Waals surface area contributed by atoms with Crippen LogP contribution in [-0.2, 0) is 9.53 Å². The smallest absolute Gasteiger partial charge is 0.407 e. The molecule has 2 atom stereocenters. The van der Waals surface area contributed by atoms with Crippen molar-refractivity contribution in [1.29, 1.82) is 0 Å². The number of alkyl carbamates (subject to hydrolysis) is 1. The maximum absolute atomic E-state index is 11.5. The Hall–Kier alpha value is -1.34. The second-order valence-corrected chi connectivity index (χ2v) is 5.73. The zero-order chi connectivity index (χ0) is 15.8. The Morgan fingerprint density at radius 2 is 1.90 bits per heavy atom. The van der Waals surface area contributed by atoms with Crippen molar-refractivity contribution in [2.45, 2.75) is 58.2 Å². The zero-order valence-corrected chi connectivity index (χ0v) is 12.6. The van der Waals surface area contributed by atoms with Crippen molar-refractivity contribution in [3.05, 3.63) is 0 Å². The molecule has 1 fully saturated rings. The first-order valence-electron chi connectivity index (χ1n) is 6.67. The minimum atomic E-state index is -0.833. The second kappa shape index (κ2) is 8.76. The van der Waals surface area contributed by atoms with Gasteiger partial charge >= 0.3 is 6.09 Å². The fraction of sp³-hybridized carbons (Fsp3) is 0.846. The van der Waals surface area contributed by atoms with Gasteiger partial charge in [-0.2, -0.15) is 0 Å². The molecule has 1 saturated heterocycles. The number of piperidine rings is 1. The first kappa shape index (κ1) is 18.7. The lowest BCUT2D eigenvalue weighted by Crippen LogP contribution is -2.51. The molecule has 0 aromatic rings. The number of aliphatic carboxylic acids is 1. The van der Waals surface area contributed by atoms with Crippen LogP contribution < -0.4 is 10.6 Å². The van der Waals surface area contributed by atoms with Gasteiger partial charge in [0.1, 0.15) is 5.60 Å². The Kier molecular flexibility index (Phi) is 8.17. The van der Waals surface area contributed by atoms with Crippen LogP contribution >= 0.6 is 0 Å². The zero-order valence-electron chi connectivity index (χ0n) is 12.6. The number of rotatable bonds is 2. The fourth-order valence-corrected chi connectivity index (χ4v) is 1.67. The fourth-order valence-electron chi connectivity index (χ4n) is 1.67. The third kappa shape index (κ3) is 10.6. The molecule has 0 aliphatic carbocycles. The predicted molar refractivity (Wildman–Crippen MR) is 74.6 cm³/mol. The molecule has 0 spiro atoms. The molecule has 2 unspecified atom stereocenters. The number of aliphatic hydroxyl groups excluding tert-OH is 1. The van der Waals surface area contributed by atoms with Crippen LogP contribution in [0.25, 0.3) is 0 Å². The van der Waals surface area contributed by atoms with Gasteiger partial charge in [-0.1, -0.05) is 0 Å². The molecule has 1 heterocycles. The lowest BCUT2D eigenvalue weighted by molar-refractivity contribution is -0.134. The van der Waals surface area contributed by atoms with E-state index in [1.54, 1.807) is 0 Å². The van der Waals surface area contributed by atoms with Crippen LogP contribution in [0.4, 0.5) is 4.79 Å². The highest BCUT2D eigenvalue weighted by atomic mass is 16.6. The Morgan fingerprint density at radius 1 is 1.35 bits per heavy atom. The standard InChI is InChI=1S/C11H22N2O3.C2H4O2/c1-11(2,3)16-10(15)13-8-4-5-9(7-14)12-6-8;1-2(3)4/h8-9,12,14H,4-7H2,1-3H3,(H,13,15);1H3,(H,3,4). The van der Waals surface area contributed by atoms with Crippen LogP contribution in [0.2, 0.25) is 0 Å².